The van der Waals surface area contributed by atoms with Crippen LogP contribution in [0.25, 0.3) is 0 Å². The van der Waals surface area contributed by atoms with Crippen LogP contribution in [0.3, 0.4) is 0 Å². The molecule has 2 N–H and O–H groups in total. The van der Waals surface area contributed by atoms with Gasteiger partial charge in [-0.25, -0.2) is 0 Å². The van der Waals surface area contributed by atoms with Gasteiger partial charge in [0.25, 0.3) is 0 Å². The number of ether oxygens (including phenoxy) is 1. The molecule has 1 aromatic rings. The predicted molar refractivity (Wildman–Crippen MR) is 90.6 cm³/mol. The van der Waals surface area contributed by atoms with Gasteiger partial charge < -0.3 is 19.8 Å². The van der Waals surface area contributed by atoms with E-state index in [1.54, 1.807) is 6.26 Å². The summed E-state index contributed by atoms with van der Waals surface area (Å²) in [5.74, 6) is 4.23. The predicted octanol–water partition coefficient (Wildman–Crippen LogP) is 2.04. The maximum Gasteiger partial charge on any atom is 0.191 e. The Hall–Kier alpha value is -1.14. The number of hydrogen-bond acceptors (Lipinski definition) is 4. The minimum atomic E-state index is 0.105. The van der Waals surface area contributed by atoms with Gasteiger partial charge in [-0.3, -0.25) is 4.99 Å². The van der Waals surface area contributed by atoms with Gasteiger partial charge in [-0.15, -0.1) is 0 Å². The van der Waals surface area contributed by atoms with Crippen molar-refractivity contribution >= 4 is 17.7 Å². The first-order valence-electron chi connectivity index (χ1n) is 8.01. The van der Waals surface area contributed by atoms with E-state index in [0.717, 1.165) is 49.9 Å². The molecule has 2 aliphatic heterocycles. The largest absolute Gasteiger partial charge is 0.469 e. The Balaban J connectivity index is 1.45. The number of hydrogen-bond donors (Lipinski definition) is 2. The fraction of sp³-hybridized carbons (Fsp3) is 0.688. The molecule has 0 aliphatic carbocycles. The normalized spacial score (nSPS) is 29.0. The molecule has 2 aliphatic rings. The Morgan fingerprint density at radius 1 is 1.55 bits per heavy atom. The zero-order valence-corrected chi connectivity index (χ0v) is 14.0. The molecule has 2 saturated heterocycles. The molecule has 5 nitrogen and oxygen atoms in total. The number of aliphatic imine (C=N–C) groups is 1. The highest BCUT2D eigenvalue weighted by Gasteiger charge is 2.40. The van der Waals surface area contributed by atoms with Crippen molar-refractivity contribution in [2.75, 3.05) is 31.7 Å². The molecule has 0 bridgehead atoms. The molecular formula is C16H25N3O2S. The van der Waals surface area contributed by atoms with Gasteiger partial charge in [-0.1, -0.05) is 0 Å². The van der Waals surface area contributed by atoms with Crippen molar-refractivity contribution in [2.45, 2.75) is 37.3 Å². The lowest BCUT2D eigenvalue weighted by molar-refractivity contribution is -0.0679. The lowest BCUT2D eigenvalue weighted by Crippen LogP contribution is -2.51. The monoisotopic (exact) mass is 323 g/mol. The van der Waals surface area contributed by atoms with Crippen LogP contribution < -0.4 is 10.6 Å². The first-order chi connectivity index (χ1) is 10.8. The second kappa shape index (κ2) is 7.42. The highest BCUT2D eigenvalue weighted by Crippen LogP contribution is 2.38. The van der Waals surface area contributed by atoms with Gasteiger partial charge in [0.05, 0.1) is 11.9 Å². The minimum absolute atomic E-state index is 0.105. The smallest absolute Gasteiger partial charge is 0.191 e. The summed E-state index contributed by atoms with van der Waals surface area (Å²) < 4.78 is 11.4. The number of guanidine groups is 1. The quantitative estimate of drug-likeness (QED) is 0.656. The van der Waals surface area contributed by atoms with Crippen LogP contribution in [0.4, 0.5) is 0 Å². The van der Waals surface area contributed by atoms with E-state index in [9.17, 15) is 0 Å². The van der Waals surface area contributed by atoms with Gasteiger partial charge in [0.1, 0.15) is 5.76 Å². The van der Waals surface area contributed by atoms with E-state index < -0.39 is 0 Å². The van der Waals surface area contributed by atoms with Crippen LogP contribution in [0.1, 0.15) is 25.0 Å². The van der Waals surface area contributed by atoms with E-state index in [2.05, 4.69) is 15.6 Å². The molecule has 2 unspecified atom stereocenters. The number of furan rings is 1. The van der Waals surface area contributed by atoms with Crippen molar-refractivity contribution in [3.8, 4) is 0 Å². The number of nitrogens with one attached hydrogen (secondary N) is 2. The lowest BCUT2D eigenvalue weighted by Gasteiger charge is -2.38. The molecule has 0 amide bonds. The Morgan fingerprint density at radius 2 is 2.50 bits per heavy atom. The fourth-order valence-electron chi connectivity index (χ4n) is 3.16. The van der Waals surface area contributed by atoms with Crippen molar-refractivity contribution in [2.24, 2.45) is 4.99 Å². The van der Waals surface area contributed by atoms with Gasteiger partial charge >= 0.3 is 0 Å². The topological polar surface area (TPSA) is 58.8 Å². The molecule has 6 heteroatoms. The summed E-state index contributed by atoms with van der Waals surface area (Å²) in [5, 5.41) is 6.92. The number of nitrogens with zero attached hydrogens (tertiary/aromatic N) is 1. The maximum absolute atomic E-state index is 6.07. The van der Waals surface area contributed by atoms with E-state index in [-0.39, 0.29) is 5.60 Å². The molecule has 2 fully saturated rings. The third kappa shape index (κ3) is 3.98. The van der Waals surface area contributed by atoms with Crippen molar-refractivity contribution in [3.63, 3.8) is 0 Å². The molecule has 0 aromatic carbocycles. The molecule has 0 radical (unpaired) electrons. The van der Waals surface area contributed by atoms with Crippen LogP contribution in [-0.4, -0.2) is 49.3 Å². The average Bonchev–Trinajstić information content (AvgIpc) is 3.19. The van der Waals surface area contributed by atoms with E-state index in [4.69, 9.17) is 9.15 Å². The molecule has 0 saturated carbocycles. The van der Waals surface area contributed by atoms with Crippen LogP contribution >= 0.6 is 11.8 Å². The van der Waals surface area contributed by atoms with E-state index in [1.165, 1.54) is 12.2 Å². The van der Waals surface area contributed by atoms with Crippen molar-refractivity contribution in [1.82, 2.24) is 10.6 Å². The molecule has 2 atom stereocenters. The van der Waals surface area contributed by atoms with Crippen LogP contribution in [0.5, 0.6) is 0 Å². The molecule has 1 aromatic heterocycles. The van der Waals surface area contributed by atoms with Crippen LogP contribution in [0, 0.1) is 0 Å². The summed E-state index contributed by atoms with van der Waals surface area (Å²) in [6.07, 6.45) is 5.89. The fourth-order valence-corrected chi connectivity index (χ4v) is 4.54. The first-order valence-corrected chi connectivity index (χ1v) is 9.16. The highest BCUT2D eigenvalue weighted by atomic mass is 32.2. The van der Waals surface area contributed by atoms with Gasteiger partial charge in [-0.2, -0.15) is 11.8 Å². The van der Waals surface area contributed by atoms with Gasteiger partial charge in [0.2, 0.25) is 0 Å². The van der Waals surface area contributed by atoms with Gasteiger partial charge in [0.15, 0.2) is 5.96 Å². The van der Waals surface area contributed by atoms with Crippen LogP contribution in [0.15, 0.2) is 27.8 Å². The second-order valence-corrected chi connectivity index (χ2v) is 7.10. The molecular weight excluding hydrogens is 298 g/mol. The molecule has 122 valence electrons. The van der Waals surface area contributed by atoms with Crippen molar-refractivity contribution in [1.29, 1.82) is 0 Å². The van der Waals surface area contributed by atoms with Crippen molar-refractivity contribution in [3.05, 3.63) is 24.2 Å². The summed E-state index contributed by atoms with van der Waals surface area (Å²) in [6.45, 7) is 1.67. The van der Waals surface area contributed by atoms with Gasteiger partial charge in [-0.05, 0) is 37.1 Å². The Morgan fingerprint density at radius 3 is 3.23 bits per heavy atom. The summed E-state index contributed by atoms with van der Waals surface area (Å²) in [4.78, 5) is 4.33. The van der Waals surface area contributed by atoms with Crippen LogP contribution in [-0.2, 0) is 11.2 Å². The number of thioether (sulfide) groups is 1. The molecule has 22 heavy (non-hydrogen) atoms. The minimum Gasteiger partial charge on any atom is -0.469 e. The standard InChI is InChI=1S/C16H25N3O2S/c1-17-15(18-7-4-14-3-2-8-20-14)19-13-5-9-21-16(11-13)6-10-22-12-16/h2-3,8,13H,4-7,9-12H2,1H3,(H2,17,18,19). The average molecular weight is 323 g/mol. The maximum atomic E-state index is 6.07. The van der Waals surface area contributed by atoms with Gasteiger partial charge in [0, 0.05) is 38.4 Å². The Kier molecular flexibility index (Phi) is 5.31. The molecule has 3 heterocycles. The zero-order valence-electron chi connectivity index (χ0n) is 13.1. The summed E-state index contributed by atoms with van der Waals surface area (Å²) in [6, 6.07) is 4.36. The summed E-state index contributed by atoms with van der Waals surface area (Å²) in [7, 11) is 1.82. The second-order valence-electron chi connectivity index (χ2n) is 6.00. The zero-order chi connectivity index (χ0) is 15.3. The highest BCUT2D eigenvalue weighted by molar-refractivity contribution is 7.99. The SMILES string of the molecule is CN=C(NCCc1ccco1)NC1CCOC2(CCSC2)C1. The Labute approximate surface area is 136 Å². The van der Waals surface area contributed by atoms with Crippen molar-refractivity contribution < 1.29 is 9.15 Å². The molecule has 1 spiro atoms. The number of rotatable bonds is 4. The summed E-state index contributed by atoms with van der Waals surface area (Å²) >= 11 is 2.01. The van der Waals surface area contributed by atoms with E-state index in [1.807, 2.05) is 30.9 Å². The summed E-state index contributed by atoms with van der Waals surface area (Å²) in [5.41, 5.74) is 0.105. The third-order valence-electron chi connectivity index (χ3n) is 4.37. The van der Waals surface area contributed by atoms with E-state index in [0.29, 0.717) is 6.04 Å². The first kappa shape index (κ1) is 15.7. The third-order valence-corrected chi connectivity index (χ3v) is 5.59. The molecule has 3 rings (SSSR count). The van der Waals surface area contributed by atoms with E-state index >= 15 is 0 Å². The lowest BCUT2D eigenvalue weighted by atomic mass is 9.90. The Bertz CT molecular complexity index is 484. The van der Waals surface area contributed by atoms with Crippen LogP contribution in [0.2, 0.25) is 0 Å².